The molecule has 30 heavy (non-hydrogen) atoms. The van der Waals surface area contributed by atoms with Gasteiger partial charge >= 0.3 is 0 Å². The van der Waals surface area contributed by atoms with Gasteiger partial charge in [0, 0.05) is 18.3 Å². The van der Waals surface area contributed by atoms with Crippen LogP contribution in [0.1, 0.15) is 33.1 Å². The molecule has 1 aromatic heterocycles. The van der Waals surface area contributed by atoms with E-state index in [1.54, 1.807) is 36.4 Å². The minimum Gasteiger partial charge on any atom is -0.358 e. The van der Waals surface area contributed by atoms with Crippen molar-refractivity contribution in [2.24, 2.45) is 0 Å². The van der Waals surface area contributed by atoms with Crippen LogP contribution < -0.4 is 21.2 Å². The summed E-state index contributed by atoms with van der Waals surface area (Å²) in [7, 11) is 1.74. The molecule has 1 aromatic rings. The summed E-state index contributed by atoms with van der Waals surface area (Å²) in [5.41, 5.74) is 0. The number of likely N-dealkylation sites (N-methyl/N-ethyl adjacent to an activating group) is 1. The van der Waals surface area contributed by atoms with E-state index < -0.39 is 0 Å². The molecular formula is C22H34N4O4. The lowest BCUT2D eigenvalue weighted by Gasteiger charge is -2.24. The van der Waals surface area contributed by atoms with Crippen molar-refractivity contribution in [3.8, 4) is 0 Å². The molecule has 2 N–H and O–H groups in total. The second-order valence-corrected chi connectivity index (χ2v) is 7.23. The van der Waals surface area contributed by atoms with Gasteiger partial charge in [0.25, 0.3) is 0 Å². The highest BCUT2D eigenvalue weighted by atomic mass is 16.5. The van der Waals surface area contributed by atoms with E-state index >= 15 is 0 Å². The van der Waals surface area contributed by atoms with Gasteiger partial charge in [-0.25, -0.2) is 0 Å². The van der Waals surface area contributed by atoms with Crippen LogP contribution in [0.15, 0.2) is 24.9 Å². The van der Waals surface area contributed by atoms with E-state index in [1.807, 2.05) is 13.8 Å². The second kappa shape index (κ2) is 13.5. The Bertz CT molecular complexity index is 805. The molecule has 1 aliphatic heterocycles. The molecule has 8 heteroatoms. The topological polar surface area (TPSA) is 92.7 Å². The zero-order chi connectivity index (χ0) is 22.5. The number of rotatable bonds is 10. The van der Waals surface area contributed by atoms with Gasteiger partial charge in [0.2, 0.25) is 18.7 Å². The Morgan fingerprint density at radius 1 is 1.37 bits per heavy atom. The molecule has 2 rings (SSSR count). The quantitative estimate of drug-likeness (QED) is 0.522. The first-order valence-electron chi connectivity index (χ1n) is 10.1. The van der Waals surface area contributed by atoms with Crippen molar-refractivity contribution >= 4 is 31.4 Å². The maximum absolute atomic E-state index is 11.3. The summed E-state index contributed by atoms with van der Waals surface area (Å²) < 4.78 is 7.18. The number of ether oxygens (including phenoxy) is 1. The number of hydrogen-bond donors (Lipinski definition) is 2. The van der Waals surface area contributed by atoms with E-state index in [0.717, 1.165) is 42.7 Å². The number of hydrogen-bond acceptors (Lipinski definition) is 5. The largest absolute Gasteiger partial charge is 0.358 e. The normalized spacial score (nSPS) is 19.6. The Balaban J connectivity index is 0.000000346. The molecule has 0 aliphatic carbocycles. The summed E-state index contributed by atoms with van der Waals surface area (Å²) >= 11 is 0. The summed E-state index contributed by atoms with van der Waals surface area (Å²) in [5, 5.41) is 7.30. The first-order valence-corrected chi connectivity index (χ1v) is 10.1. The van der Waals surface area contributed by atoms with Gasteiger partial charge in [-0.3, -0.25) is 19.0 Å². The van der Waals surface area contributed by atoms with Gasteiger partial charge in [0.15, 0.2) is 0 Å². The number of nitrogens with zero attached hydrogens (tertiary/aromatic N) is 2. The van der Waals surface area contributed by atoms with Gasteiger partial charge in [-0.15, -0.1) is 0 Å². The zero-order valence-corrected chi connectivity index (χ0v) is 18.2. The predicted molar refractivity (Wildman–Crippen MR) is 119 cm³/mol. The highest BCUT2D eigenvalue weighted by Crippen LogP contribution is 2.22. The van der Waals surface area contributed by atoms with Gasteiger partial charge in [-0.05, 0) is 57.5 Å². The predicted octanol–water partition coefficient (Wildman–Crippen LogP) is -0.0128. The van der Waals surface area contributed by atoms with Crippen molar-refractivity contribution < 1.29 is 19.1 Å². The monoisotopic (exact) mass is 418 g/mol. The molecule has 0 bridgehead atoms. The number of carbonyl (C=O) groups excluding carboxylic acids is 3. The van der Waals surface area contributed by atoms with E-state index in [1.165, 1.54) is 4.57 Å². The molecule has 0 saturated carbocycles. The molecule has 2 amide bonds. The highest BCUT2D eigenvalue weighted by molar-refractivity contribution is 5.78. The maximum atomic E-state index is 11.3. The molecule has 3 unspecified atom stereocenters. The second-order valence-electron chi connectivity index (χ2n) is 7.23. The summed E-state index contributed by atoms with van der Waals surface area (Å²) in [5.74, 6) is -0.0148. The van der Waals surface area contributed by atoms with Crippen LogP contribution in [0.4, 0.5) is 0 Å². The molecule has 8 nitrogen and oxygen atoms in total. The third-order valence-corrected chi connectivity index (χ3v) is 4.83. The molecular weight excluding hydrogens is 384 g/mol. The van der Waals surface area contributed by atoms with Gasteiger partial charge < -0.3 is 20.3 Å². The van der Waals surface area contributed by atoms with E-state index in [9.17, 15) is 14.4 Å². The molecule has 0 aromatic carbocycles. The van der Waals surface area contributed by atoms with Crippen molar-refractivity contribution in [3.05, 3.63) is 35.5 Å². The van der Waals surface area contributed by atoms with Crippen molar-refractivity contribution in [1.29, 1.82) is 0 Å². The molecule has 1 saturated heterocycles. The number of carbonyl (C=O) groups is 3. The van der Waals surface area contributed by atoms with Crippen LogP contribution in [0.5, 0.6) is 0 Å². The fourth-order valence-corrected chi connectivity index (χ4v) is 3.14. The highest BCUT2D eigenvalue weighted by Gasteiger charge is 2.29. The minimum absolute atomic E-state index is 0.0148. The van der Waals surface area contributed by atoms with Crippen LogP contribution in [0.2, 0.25) is 0 Å². The fourth-order valence-electron chi connectivity index (χ4n) is 3.14. The third kappa shape index (κ3) is 7.96. The summed E-state index contributed by atoms with van der Waals surface area (Å²) in [6.45, 7) is 12.1. The van der Waals surface area contributed by atoms with E-state index in [2.05, 4.69) is 23.8 Å². The Morgan fingerprint density at radius 3 is 2.70 bits per heavy atom. The molecule has 3 atom stereocenters. The van der Waals surface area contributed by atoms with Crippen LogP contribution in [0.25, 0.3) is 12.7 Å². The van der Waals surface area contributed by atoms with Crippen LogP contribution in [0.3, 0.4) is 0 Å². The smallest absolute Gasteiger partial charge is 0.234 e. The third-order valence-electron chi connectivity index (χ3n) is 4.83. The minimum atomic E-state index is -0.104. The summed E-state index contributed by atoms with van der Waals surface area (Å²) in [4.78, 5) is 34.4. The van der Waals surface area contributed by atoms with E-state index in [-0.39, 0.29) is 24.2 Å². The molecule has 0 radical (unpaired) electrons. The number of amides is 2. The lowest BCUT2D eigenvalue weighted by atomic mass is 10.2. The SMILES string of the molecule is C=C/C=c1\c(=C)ccn1C=O.CNCC(=O)NC(C)CCOC1CCC(C)N1C=O. The van der Waals surface area contributed by atoms with Crippen LogP contribution in [-0.4, -0.2) is 66.7 Å². The Hall–Kier alpha value is -2.71. The first kappa shape index (κ1) is 25.3. The van der Waals surface area contributed by atoms with Gasteiger partial charge in [-0.2, -0.15) is 0 Å². The van der Waals surface area contributed by atoms with Crippen molar-refractivity contribution in [2.75, 3.05) is 20.2 Å². The fraction of sp³-hybridized carbons (Fsp3) is 0.500. The van der Waals surface area contributed by atoms with Crippen LogP contribution in [-0.2, 0) is 19.1 Å². The van der Waals surface area contributed by atoms with Gasteiger partial charge in [-0.1, -0.05) is 19.2 Å². The molecule has 1 aliphatic rings. The number of nitrogens with one attached hydrogen (secondary N) is 2. The standard InChI is InChI=1S/C13H25N3O3.C9H9NO/c1-10(15-12(18)8-14-3)6-7-19-13-5-4-11(2)16(13)9-17;1-3-4-9-8(2)5-6-10(9)7-11/h9-11,13-14H,4-8H2,1-3H3,(H,15,18);3-7H,1-2H2/b;9-4+. The zero-order valence-electron chi connectivity index (χ0n) is 18.2. The van der Waals surface area contributed by atoms with E-state index in [4.69, 9.17) is 4.74 Å². The van der Waals surface area contributed by atoms with E-state index in [0.29, 0.717) is 13.2 Å². The van der Waals surface area contributed by atoms with Crippen molar-refractivity contribution in [3.63, 3.8) is 0 Å². The molecule has 1 fully saturated rings. The summed E-state index contributed by atoms with van der Waals surface area (Å²) in [6.07, 6.45) is 9.16. The van der Waals surface area contributed by atoms with Gasteiger partial charge in [0.1, 0.15) is 6.23 Å². The van der Waals surface area contributed by atoms with Crippen LogP contribution in [0, 0.1) is 0 Å². The van der Waals surface area contributed by atoms with Crippen molar-refractivity contribution in [1.82, 2.24) is 20.1 Å². The molecule has 0 spiro atoms. The number of aromatic nitrogens is 1. The lowest BCUT2D eigenvalue weighted by molar-refractivity contribution is -0.131. The first-order chi connectivity index (χ1) is 14.4. The Labute approximate surface area is 178 Å². The van der Waals surface area contributed by atoms with Crippen molar-refractivity contribution in [2.45, 2.75) is 51.4 Å². The average molecular weight is 419 g/mol. The summed E-state index contributed by atoms with van der Waals surface area (Å²) in [6, 6.07) is 2.11. The van der Waals surface area contributed by atoms with Gasteiger partial charge in [0.05, 0.1) is 18.5 Å². The Kier molecular flexibility index (Phi) is 11.4. The maximum Gasteiger partial charge on any atom is 0.234 e. The average Bonchev–Trinajstić information content (AvgIpc) is 3.24. The number of likely N-dealkylation sites (tertiary alicyclic amines) is 1. The lowest BCUT2D eigenvalue weighted by Crippen LogP contribution is -2.39. The molecule has 2 heterocycles. The molecule has 166 valence electrons. The van der Waals surface area contributed by atoms with Crippen LogP contribution >= 0.6 is 0 Å². The Morgan fingerprint density at radius 2 is 2.10 bits per heavy atom. The number of allylic oxidation sites excluding steroid dienone is 1.